The van der Waals surface area contributed by atoms with Gasteiger partial charge in [-0.2, -0.15) is 9.59 Å². The Morgan fingerprint density at radius 3 is 1.41 bits per heavy atom. The van der Waals surface area contributed by atoms with E-state index in [1.165, 1.54) is 88.9 Å². The molecule has 3 N–H and O–H groups in total. The van der Waals surface area contributed by atoms with Crippen LogP contribution >= 0.6 is 12.4 Å². The highest BCUT2D eigenvalue weighted by Gasteiger charge is 2.29. The fourth-order valence-electron chi connectivity index (χ4n) is 9.28. The third-order valence-corrected chi connectivity index (χ3v) is 17.1. The normalized spacial score (nSPS) is 19.3. The highest BCUT2D eigenvalue weighted by Crippen LogP contribution is 2.34. The van der Waals surface area contributed by atoms with E-state index in [4.69, 9.17) is 0 Å². The molecule has 2 aromatic carbocycles. The Morgan fingerprint density at radius 2 is 1.02 bits per heavy atom. The molecular formula is C41H63ClN12O6S3. The average molecular weight is 952 g/mol. The van der Waals surface area contributed by atoms with Gasteiger partial charge in [-0.05, 0) is 123 Å². The van der Waals surface area contributed by atoms with Gasteiger partial charge in [0.05, 0.1) is 28.1 Å². The van der Waals surface area contributed by atoms with Gasteiger partial charge in [0.1, 0.15) is 0 Å². The summed E-state index contributed by atoms with van der Waals surface area (Å²) in [5.41, 5.74) is 3.61. The lowest BCUT2D eigenvalue weighted by atomic mass is 9.84. The van der Waals surface area contributed by atoms with Crippen LogP contribution in [0.5, 0.6) is 0 Å². The topological polar surface area (TPSA) is 229 Å². The van der Waals surface area contributed by atoms with Crippen LogP contribution in [0.3, 0.4) is 0 Å². The lowest BCUT2D eigenvalue weighted by molar-refractivity contribution is 0.243. The SMILES string of the molecule is CNS(=O)(=O)c1ccc(CC2CCCCC2)c(-c2nnn(C3CCN(S(C)(=O)=O)CC3)n2)c1.CNS(=O)(=O)c1ccc(CC2CCCCC2)c(-c2nnn(C3CCNCC3)n2)c1.Cl. The first-order chi connectivity index (χ1) is 29.7. The van der Waals surface area contributed by atoms with Crippen LogP contribution in [-0.4, -0.2) is 117 Å². The second-order valence-electron chi connectivity index (χ2n) is 17.2. The van der Waals surface area contributed by atoms with Crippen LogP contribution in [0.2, 0.25) is 0 Å². The molecule has 2 aromatic heterocycles. The number of benzene rings is 2. The van der Waals surface area contributed by atoms with E-state index < -0.39 is 30.1 Å². The number of nitrogens with one attached hydrogen (secondary N) is 3. The lowest BCUT2D eigenvalue weighted by Gasteiger charge is -2.29. The molecule has 4 aliphatic rings. The average Bonchev–Trinajstić information content (AvgIpc) is 3.99. The summed E-state index contributed by atoms with van der Waals surface area (Å²) in [6.07, 6.45) is 18.6. The summed E-state index contributed by atoms with van der Waals surface area (Å²) in [6.45, 7) is 2.74. The summed E-state index contributed by atoms with van der Waals surface area (Å²) in [7, 11) is -7.53. The third-order valence-electron chi connectivity index (χ3n) is 13.0. The van der Waals surface area contributed by atoms with Crippen molar-refractivity contribution in [3.05, 3.63) is 47.5 Å². The minimum Gasteiger partial charge on any atom is -0.317 e. The van der Waals surface area contributed by atoms with E-state index in [-0.39, 0.29) is 34.3 Å². The van der Waals surface area contributed by atoms with Gasteiger partial charge in [0.15, 0.2) is 0 Å². The van der Waals surface area contributed by atoms with E-state index in [1.54, 1.807) is 33.9 Å². The number of aromatic nitrogens is 8. The maximum atomic E-state index is 12.4. The van der Waals surface area contributed by atoms with Crippen molar-refractivity contribution < 1.29 is 25.3 Å². The second-order valence-corrected chi connectivity index (χ2v) is 23.0. The zero-order valence-electron chi connectivity index (χ0n) is 36.5. The molecule has 4 heterocycles. The van der Waals surface area contributed by atoms with Crippen LogP contribution in [0, 0.1) is 11.8 Å². The Balaban J connectivity index is 0.000000208. The van der Waals surface area contributed by atoms with Gasteiger partial charge in [0.25, 0.3) is 0 Å². The van der Waals surface area contributed by atoms with E-state index >= 15 is 0 Å². The second kappa shape index (κ2) is 21.7. The maximum absolute atomic E-state index is 12.4. The first kappa shape index (κ1) is 49.0. The molecule has 2 saturated carbocycles. The number of piperidine rings is 2. The van der Waals surface area contributed by atoms with E-state index in [9.17, 15) is 25.3 Å². The van der Waals surface area contributed by atoms with E-state index in [1.807, 2.05) is 12.1 Å². The molecule has 0 spiro atoms. The maximum Gasteiger partial charge on any atom is 0.240 e. The summed E-state index contributed by atoms with van der Waals surface area (Å²) in [5.74, 6) is 2.12. The number of hydrogen-bond acceptors (Lipinski definition) is 13. The number of sulfonamides is 3. The third kappa shape index (κ3) is 12.5. The molecule has 0 unspecified atom stereocenters. The van der Waals surface area contributed by atoms with Crippen molar-refractivity contribution in [1.29, 1.82) is 0 Å². The molecule has 0 bridgehead atoms. The summed E-state index contributed by atoms with van der Waals surface area (Å²) in [5, 5.41) is 29.7. The minimum absolute atomic E-state index is 0. The standard InChI is InChI=1S/C21H32N6O4S2.C20H30N6O2S.ClH/c1-22-33(30,31)19-9-8-17(14-16-6-4-3-5-7-16)20(15-19)21-23-25-27(24-21)18-10-12-26(13-11-18)32(2,28)29;1-21-29(27,28)18-8-7-16(13-15-5-3-2-4-6-15)19(14-18)20-23-25-26(24-20)17-9-11-22-12-10-17;/h8-9,15-16,18,22H,3-7,10-14H2,1-2H3;7-8,14-15,17,21-22H,2-6,9-13H2,1H3;1H. The van der Waals surface area contributed by atoms with Crippen molar-refractivity contribution in [2.45, 2.75) is 125 Å². The predicted octanol–water partition coefficient (Wildman–Crippen LogP) is 4.68. The van der Waals surface area contributed by atoms with E-state index in [0.29, 0.717) is 55.0 Å². The Kier molecular flexibility index (Phi) is 16.9. The zero-order valence-corrected chi connectivity index (χ0v) is 39.8. The molecular weight excluding hydrogens is 888 g/mol. The van der Waals surface area contributed by atoms with Crippen LogP contribution in [-0.2, 0) is 42.9 Å². The summed E-state index contributed by atoms with van der Waals surface area (Å²) in [4.78, 5) is 3.67. The van der Waals surface area contributed by atoms with Gasteiger partial charge < -0.3 is 5.32 Å². The van der Waals surface area contributed by atoms with Crippen molar-refractivity contribution in [2.75, 3.05) is 46.5 Å². The molecule has 348 valence electrons. The number of nitrogens with zero attached hydrogens (tertiary/aromatic N) is 9. The first-order valence-electron chi connectivity index (χ1n) is 22.1. The Labute approximate surface area is 378 Å². The van der Waals surface area contributed by atoms with Gasteiger partial charge in [-0.15, -0.1) is 32.8 Å². The van der Waals surface area contributed by atoms with Crippen molar-refractivity contribution in [3.63, 3.8) is 0 Å². The van der Waals surface area contributed by atoms with Crippen LogP contribution in [0.4, 0.5) is 0 Å². The molecule has 0 radical (unpaired) electrons. The molecule has 8 rings (SSSR count). The molecule has 18 nitrogen and oxygen atoms in total. The lowest BCUT2D eigenvalue weighted by Crippen LogP contribution is -2.38. The smallest absolute Gasteiger partial charge is 0.240 e. The zero-order chi connectivity index (χ0) is 43.9. The monoisotopic (exact) mass is 950 g/mol. The highest BCUT2D eigenvalue weighted by atomic mass is 35.5. The van der Waals surface area contributed by atoms with Crippen molar-refractivity contribution in [1.82, 2.24) is 59.5 Å². The van der Waals surface area contributed by atoms with E-state index in [0.717, 1.165) is 55.5 Å². The molecule has 22 heteroatoms. The Bertz CT molecular complexity index is 2460. The molecule has 2 saturated heterocycles. The molecule has 0 atom stereocenters. The fraction of sp³-hybridized carbons (Fsp3) is 0.659. The van der Waals surface area contributed by atoms with Gasteiger partial charge in [-0.25, -0.2) is 39.0 Å². The molecule has 4 aromatic rings. The number of hydrogen-bond donors (Lipinski definition) is 3. The van der Waals surface area contributed by atoms with Crippen LogP contribution in [0.15, 0.2) is 46.2 Å². The Hall–Kier alpha value is -3.44. The molecule has 63 heavy (non-hydrogen) atoms. The van der Waals surface area contributed by atoms with Gasteiger partial charge in [-0.3, -0.25) is 0 Å². The van der Waals surface area contributed by atoms with Gasteiger partial charge in [0.2, 0.25) is 41.7 Å². The number of tetrazole rings is 2. The van der Waals surface area contributed by atoms with Gasteiger partial charge >= 0.3 is 0 Å². The highest BCUT2D eigenvalue weighted by molar-refractivity contribution is 7.89. The number of rotatable bonds is 13. The molecule has 4 fully saturated rings. The van der Waals surface area contributed by atoms with Crippen LogP contribution in [0.1, 0.15) is 113 Å². The summed E-state index contributed by atoms with van der Waals surface area (Å²) in [6, 6.07) is 10.7. The first-order valence-corrected chi connectivity index (χ1v) is 26.9. The Morgan fingerprint density at radius 1 is 0.603 bits per heavy atom. The molecule has 2 aliphatic heterocycles. The van der Waals surface area contributed by atoms with Crippen molar-refractivity contribution >= 4 is 42.5 Å². The van der Waals surface area contributed by atoms with Gasteiger partial charge in [0, 0.05) is 24.2 Å². The van der Waals surface area contributed by atoms with E-state index in [2.05, 4.69) is 45.6 Å². The summed E-state index contributed by atoms with van der Waals surface area (Å²) < 4.78 is 79.4. The quantitative estimate of drug-likeness (QED) is 0.166. The van der Waals surface area contributed by atoms with Crippen molar-refractivity contribution in [2.24, 2.45) is 11.8 Å². The molecule has 2 aliphatic carbocycles. The summed E-state index contributed by atoms with van der Waals surface area (Å²) >= 11 is 0. The number of halogens is 1. The predicted molar refractivity (Wildman–Crippen MR) is 243 cm³/mol. The fourth-order valence-corrected chi connectivity index (χ4v) is 11.7. The van der Waals surface area contributed by atoms with Crippen LogP contribution < -0.4 is 14.8 Å². The van der Waals surface area contributed by atoms with Gasteiger partial charge in [-0.1, -0.05) is 76.3 Å². The minimum atomic E-state index is -3.61. The van der Waals surface area contributed by atoms with Crippen molar-refractivity contribution in [3.8, 4) is 22.8 Å². The largest absolute Gasteiger partial charge is 0.317 e. The van der Waals surface area contributed by atoms with Crippen LogP contribution in [0.25, 0.3) is 22.8 Å². The molecule has 0 amide bonds.